The fraction of sp³-hybridized carbons (Fsp3) is 0.125. The highest BCUT2D eigenvalue weighted by molar-refractivity contribution is 6.32. The number of aliphatic carboxylic acids is 1. The minimum Gasteiger partial charge on any atom is -0.478 e. The molecule has 33 heavy (non-hydrogen) atoms. The number of hydrogen-bond acceptors (Lipinski definition) is 6. The second kappa shape index (κ2) is 9.52. The van der Waals surface area contributed by atoms with E-state index in [1.165, 1.54) is 50.3 Å². The molecule has 0 aromatic heterocycles. The maximum Gasteiger partial charge on any atom is 0.335 e. The lowest BCUT2D eigenvalue weighted by Gasteiger charge is -2.31. The minimum absolute atomic E-state index is 0.0607. The molecule has 1 aliphatic rings. The summed E-state index contributed by atoms with van der Waals surface area (Å²) in [6.07, 6.45) is 2.95. The highest BCUT2D eigenvalue weighted by Crippen LogP contribution is 2.53. The lowest BCUT2D eigenvalue weighted by molar-refractivity contribution is -0.133. The third-order valence-corrected chi connectivity index (χ3v) is 5.28. The molecule has 0 fully saturated rings. The van der Waals surface area contributed by atoms with Gasteiger partial charge in [-0.3, -0.25) is 9.59 Å². The molecular weight excluding hydrogens is 471 g/mol. The average molecular weight is 489 g/mol. The Balaban J connectivity index is 2.31. The zero-order valence-electron chi connectivity index (χ0n) is 17.6. The first-order valence-electron chi connectivity index (χ1n) is 9.50. The summed E-state index contributed by atoms with van der Waals surface area (Å²) < 4.78 is 16.3. The molecule has 0 unspecified atom stereocenters. The van der Waals surface area contributed by atoms with E-state index >= 15 is 0 Å². The number of carbonyl (C=O) groups excluding carboxylic acids is 2. The number of carboxylic acids is 1. The van der Waals surface area contributed by atoms with E-state index in [1.54, 1.807) is 0 Å². The maximum absolute atomic E-state index is 11.8. The van der Waals surface area contributed by atoms with E-state index in [4.69, 9.17) is 37.4 Å². The van der Waals surface area contributed by atoms with Gasteiger partial charge in [0.25, 0.3) is 0 Å². The summed E-state index contributed by atoms with van der Waals surface area (Å²) in [5, 5.41) is 9.86. The third-order valence-electron chi connectivity index (χ3n) is 4.69. The van der Waals surface area contributed by atoms with Gasteiger partial charge in [0, 0.05) is 43.0 Å². The molecular formula is C24H18Cl2O7. The normalized spacial score (nSPS) is 12.7. The van der Waals surface area contributed by atoms with Crippen molar-refractivity contribution in [2.75, 3.05) is 0 Å². The van der Waals surface area contributed by atoms with E-state index in [1.807, 2.05) is 0 Å². The number of allylic oxidation sites excluding steroid dienone is 2. The molecule has 2 aromatic rings. The molecule has 1 N–H and O–H groups in total. The SMILES string of the molecule is C=C/C=C(\C(=C)C(=O)O)C1c2cc(Cl)c(OC(C)=O)cc2Oc2cc(OC(C)=O)c(Cl)cc21. The van der Waals surface area contributed by atoms with Gasteiger partial charge in [0.15, 0.2) is 11.5 Å². The molecule has 0 saturated heterocycles. The number of carbonyl (C=O) groups is 3. The van der Waals surface area contributed by atoms with Gasteiger partial charge in [-0.2, -0.15) is 0 Å². The Labute approximate surface area is 199 Å². The fourth-order valence-corrected chi connectivity index (χ4v) is 3.86. The van der Waals surface area contributed by atoms with Crippen LogP contribution in [-0.4, -0.2) is 23.0 Å². The van der Waals surface area contributed by atoms with Crippen LogP contribution in [0.3, 0.4) is 0 Å². The standard InChI is InChI=1S/C24H18Cl2O7/c1-5-6-14(11(2)24(29)30)23-15-7-17(25)21(31-12(3)27)9-19(15)33-20-10-22(32-13(4)28)18(26)8-16(20)23/h5-10,23H,1-2H2,3-4H3,(H,29,30)/b14-6+. The predicted octanol–water partition coefficient (Wildman–Crippen LogP) is 5.83. The van der Waals surface area contributed by atoms with Crippen molar-refractivity contribution in [3.05, 3.63) is 81.9 Å². The summed E-state index contributed by atoms with van der Waals surface area (Å²) in [7, 11) is 0. The molecule has 1 aliphatic heterocycles. The topological polar surface area (TPSA) is 99.1 Å². The molecule has 0 atom stereocenters. The maximum atomic E-state index is 11.8. The highest BCUT2D eigenvalue weighted by atomic mass is 35.5. The van der Waals surface area contributed by atoms with Gasteiger partial charge in [0.1, 0.15) is 11.5 Å². The number of carboxylic acid groups (broad SMARTS) is 1. The van der Waals surface area contributed by atoms with Crippen molar-refractivity contribution in [3.8, 4) is 23.0 Å². The van der Waals surface area contributed by atoms with Crippen LogP contribution < -0.4 is 14.2 Å². The fourth-order valence-electron chi connectivity index (χ4n) is 3.44. The second-order valence-electron chi connectivity index (χ2n) is 7.00. The third kappa shape index (κ3) is 4.94. The minimum atomic E-state index is -1.23. The van der Waals surface area contributed by atoms with Crippen LogP contribution in [0.15, 0.2) is 60.7 Å². The van der Waals surface area contributed by atoms with Gasteiger partial charge in [-0.15, -0.1) is 0 Å². The summed E-state index contributed by atoms with van der Waals surface area (Å²) in [5.41, 5.74) is 1.08. The zero-order valence-corrected chi connectivity index (χ0v) is 19.1. The molecule has 3 rings (SSSR count). The van der Waals surface area contributed by atoms with Gasteiger partial charge < -0.3 is 19.3 Å². The summed E-state index contributed by atoms with van der Waals surface area (Å²) in [6, 6.07) is 5.87. The first kappa shape index (κ1) is 24.1. The van der Waals surface area contributed by atoms with Crippen molar-refractivity contribution in [3.63, 3.8) is 0 Å². The Morgan fingerprint density at radius 1 is 0.970 bits per heavy atom. The summed E-state index contributed by atoms with van der Waals surface area (Å²) in [5.74, 6) is -2.52. The summed E-state index contributed by atoms with van der Waals surface area (Å²) in [4.78, 5) is 34.7. The number of fused-ring (bicyclic) bond motifs is 2. The average Bonchev–Trinajstić information content (AvgIpc) is 2.71. The van der Waals surface area contributed by atoms with E-state index in [0.29, 0.717) is 16.7 Å². The van der Waals surface area contributed by atoms with Crippen LogP contribution in [0.5, 0.6) is 23.0 Å². The van der Waals surface area contributed by atoms with Crippen molar-refractivity contribution in [1.29, 1.82) is 0 Å². The number of rotatable bonds is 6. The molecule has 0 spiro atoms. The number of benzene rings is 2. The molecule has 0 radical (unpaired) electrons. The zero-order chi connectivity index (χ0) is 24.4. The monoisotopic (exact) mass is 488 g/mol. The van der Waals surface area contributed by atoms with Gasteiger partial charge in [-0.25, -0.2) is 4.79 Å². The van der Waals surface area contributed by atoms with Crippen LogP contribution in [0, 0.1) is 0 Å². The smallest absolute Gasteiger partial charge is 0.335 e. The van der Waals surface area contributed by atoms with E-state index < -0.39 is 23.8 Å². The Hall–Kier alpha value is -3.55. The predicted molar refractivity (Wildman–Crippen MR) is 122 cm³/mol. The molecule has 0 bridgehead atoms. The molecule has 1 heterocycles. The van der Waals surface area contributed by atoms with Crippen LogP contribution >= 0.6 is 23.2 Å². The molecule has 0 aliphatic carbocycles. The lowest BCUT2D eigenvalue weighted by atomic mass is 9.79. The van der Waals surface area contributed by atoms with E-state index in [2.05, 4.69) is 13.2 Å². The van der Waals surface area contributed by atoms with Crippen molar-refractivity contribution < 1.29 is 33.7 Å². The van der Waals surface area contributed by atoms with E-state index in [9.17, 15) is 19.5 Å². The number of halogens is 2. The number of hydrogen-bond donors (Lipinski definition) is 1. The van der Waals surface area contributed by atoms with Gasteiger partial charge in [-0.1, -0.05) is 48.5 Å². The summed E-state index contributed by atoms with van der Waals surface area (Å²) >= 11 is 12.7. The van der Waals surface area contributed by atoms with Crippen molar-refractivity contribution >= 4 is 41.1 Å². The van der Waals surface area contributed by atoms with Gasteiger partial charge >= 0.3 is 17.9 Å². The van der Waals surface area contributed by atoms with Gasteiger partial charge in [-0.05, 0) is 17.7 Å². The van der Waals surface area contributed by atoms with E-state index in [-0.39, 0.29) is 38.6 Å². The van der Waals surface area contributed by atoms with Crippen LogP contribution in [0.25, 0.3) is 0 Å². The quantitative estimate of drug-likeness (QED) is 0.236. The molecule has 7 nitrogen and oxygen atoms in total. The Morgan fingerprint density at radius 2 is 1.42 bits per heavy atom. The number of ether oxygens (including phenoxy) is 3. The molecule has 9 heteroatoms. The molecule has 0 saturated carbocycles. The van der Waals surface area contributed by atoms with Crippen molar-refractivity contribution in [2.24, 2.45) is 0 Å². The first-order chi connectivity index (χ1) is 15.5. The molecule has 2 aromatic carbocycles. The van der Waals surface area contributed by atoms with E-state index in [0.717, 1.165) is 0 Å². The Bertz CT molecular complexity index is 1170. The lowest BCUT2D eigenvalue weighted by Crippen LogP contribution is -2.17. The van der Waals surface area contributed by atoms with Gasteiger partial charge in [0.05, 0.1) is 15.6 Å². The van der Waals surface area contributed by atoms with Crippen LogP contribution in [0.2, 0.25) is 10.0 Å². The van der Waals surface area contributed by atoms with Crippen LogP contribution in [0.4, 0.5) is 0 Å². The van der Waals surface area contributed by atoms with Crippen LogP contribution in [-0.2, 0) is 14.4 Å². The number of esters is 2. The summed E-state index contributed by atoms with van der Waals surface area (Å²) in [6.45, 7) is 9.81. The van der Waals surface area contributed by atoms with Gasteiger partial charge in [0.2, 0.25) is 0 Å². The molecule has 0 amide bonds. The largest absolute Gasteiger partial charge is 0.478 e. The highest BCUT2D eigenvalue weighted by Gasteiger charge is 2.35. The van der Waals surface area contributed by atoms with Crippen molar-refractivity contribution in [1.82, 2.24) is 0 Å². The van der Waals surface area contributed by atoms with Crippen LogP contribution in [0.1, 0.15) is 30.9 Å². The van der Waals surface area contributed by atoms with Crippen molar-refractivity contribution in [2.45, 2.75) is 19.8 Å². The first-order valence-corrected chi connectivity index (χ1v) is 10.3. The Morgan fingerprint density at radius 3 is 1.79 bits per heavy atom. The Kier molecular flexibility index (Phi) is 6.95. The molecule has 170 valence electrons. The second-order valence-corrected chi connectivity index (χ2v) is 7.82.